The molecule has 1 aromatic carbocycles. The number of hydrogen-bond donors (Lipinski definition) is 0. The average Bonchev–Trinajstić information content (AvgIpc) is 3.37. The van der Waals surface area contributed by atoms with Gasteiger partial charge in [0.1, 0.15) is 17.4 Å². The summed E-state index contributed by atoms with van der Waals surface area (Å²) in [5.74, 6) is 3.53. The fraction of sp³-hybridized carbons (Fsp3) is 0.480. The Bertz CT molecular complexity index is 1120. The summed E-state index contributed by atoms with van der Waals surface area (Å²) < 4.78 is 18.9. The van der Waals surface area contributed by atoms with Crippen LogP contribution in [0.5, 0.6) is 17.2 Å². The van der Waals surface area contributed by atoms with E-state index in [1.807, 2.05) is 30.4 Å². The van der Waals surface area contributed by atoms with Gasteiger partial charge in [0, 0.05) is 16.0 Å². The van der Waals surface area contributed by atoms with Crippen LogP contribution in [0.15, 0.2) is 23.2 Å². The monoisotopic (exact) mass is 468 g/mol. The Morgan fingerprint density at radius 3 is 2.33 bits per heavy atom. The molecule has 0 saturated heterocycles. The quantitative estimate of drug-likeness (QED) is 0.366. The van der Waals surface area contributed by atoms with Gasteiger partial charge >= 0.3 is 0 Å². The summed E-state index contributed by atoms with van der Waals surface area (Å²) in [6, 6.07) is 6.22. The molecule has 0 bridgehead atoms. The second-order valence-corrected chi connectivity index (χ2v) is 9.29. The predicted molar refractivity (Wildman–Crippen MR) is 132 cm³/mol. The maximum absolute atomic E-state index is 5.60. The molecule has 3 heterocycles. The molecule has 3 aromatic rings. The van der Waals surface area contributed by atoms with Gasteiger partial charge in [-0.2, -0.15) is 0 Å². The Kier molecular flexibility index (Phi) is 7.33. The van der Waals surface area contributed by atoms with Gasteiger partial charge in [-0.05, 0) is 38.0 Å². The smallest absolute Gasteiger partial charge is 0.203 e. The van der Waals surface area contributed by atoms with Crippen LogP contribution in [-0.2, 0) is 13.0 Å². The average molecular weight is 469 g/mol. The van der Waals surface area contributed by atoms with Crippen LogP contribution in [0, 0.1) is 6.92 Å². The first-order valence-corrected chi connectivity index (χ1v) is 12.3. The third-order valence-corrected chi connectivity index (χ3v) is 7.14. The lowest BCUT2D eigenvalue weighted by atomic mass is 10.0. The highest BCUT2D eigenvalue weighted by atomic mass is 32.1. The number of fused-ring (bicyclic) bond motifs is 3. The number of aryl methyl sites for hydroxylation is 2. The van der Waals surface area contributed by atoms with Crippen LogP contribution in [-0.4, -0.2) is 41.8 Å². The van der Waals surface area contributed by atoms with E-state index < -0.39 is 0 Å². The first kappa shape index (κ1) is 23.3. The van der Waals surface area contributed by atoms with Crippen LogP contribution in [0.4, 0.5) is 0 Å². The summed E-state index contributed by atoms with van der Waals surface area (Å²) in [6.07, 6.45) is 7.40. The van der Waals surface area contributed by atoms with Crippen molar-refractivity contribution < 1.29 is 14.2 Å². The highest BCUT2D eigenvalue weighted by Crippen LogP contribution is 2.40. The van der Waals surface area contributed by atoms with Crippen molar-refractivity contribution in [3.63, 3.8) is 0 Å². The molecule has 0 N–H and O–H groups in total. The highest BCUT2D eigenvalue weighted by molar-refractivity contribution is 7.15. The second-order valence-electron chi connectivity index (χ2n) is 8.17. The number of nitrogens with zero attached hydrogens (tertiary/aromatic N) is 4. The number of rotatable bonds is 10. The Labute approximate surface area is 199 Å². The minimum absolute atomic E-state index is 0.459. The van der Waals surface area contributed by atoms with E-state index in [0.29, 0.717) is 23.8 Å². The maximum atomic E-state index is 5.60. The molecule has 0 unspecified atom stereocenters. The SMILES string of the molecule is CCCCCCCc1cc2c(s1)-n1c(C)nnc1CN=C2c1cc(OC)c(OC)c(OC)c1. The molecule has 0 radical (unpaired) electrons. The van der Waals surface area contributed by atoms with Gasteiger partial charge in [0.2, 0.25) is 5.75 Å². The van der Waals surface area contributed by atoms with E-state index in [1.54, 1.807) is 21.3 Å². The van der Waals surface area contributed by atoms with Crippen LogP contribution < -0.4 is 14.2 Å². The fourth-order valence-electron chi connectivity index (χ4n) is 4.27. The summed E-state index contributed by atoms with van der Waals surface area (Å²) in [4.78, 5) is 6.34. The van der Waals surface area contributed by atoms with Gasteiger partial charge in [0.05, 0.1) is 27.0 Å². The van der Waals surface area contributed by atoms with Crippen molar-refractivity contribution in [1.29, 1.82) is 0 Å². The molecule has 0 saturated carbocycles. The number of methoxy groups -OCH3 is 3. The molecule has 0 atom stereocenters. The fourth-order valence-corrected chi connectivity index (χ4v) is 5.53. The van der Waals surface area contributed by atoms with Gasteiger partial charge in [-0.1, -0.05) is 32.6 Å². The van der Waals surface area contributed by atoms with Crippen LogP contribution in [0.2, 0.25) is 0 Å². The zero-order chi connectivity index (χ0) is 23.4. The normalized spacial score (nSPS) is 12.6. The van der Waals surface area contributed by atoms with Crippen LogP contribution >= 0.6 is 11.3 Å². The molecule has 1 aliphatic heterocycles. The summed E-state index contributed by atoms with van der Waals surface area (Å²) in [5.41, 5.74) is 2.93. The Hall–Kier alpha value is -2.87. The highest BCUT2D eigenvalue weighted by Gasteiger charge is 2.26. The number of benzene rings is 1. The van der Waals surface area contributed by atoms with Crippen LogP contribution in [0.3, 0.4) is 0 Å². The van der Waals surface area contributed by atoms with E-state index in [-0.39, 0.29) is 0 Å². The molecule has 0 spiro atoms. The van der Waals surface area contributed by atoms with Gasteiger partial charge in [-0.25, -0.2) is 0 Å². The molecular weight excluding hydrogens is 436 g/mol. The van der Waals surface area contributed by atoms with E-state index in [1.165, 1.54) is 37.0 Å². The van der Waals surface area contributed by atoms with Gasteiger partial charge in [0.15, 0.2) is 17.3 Å². The first-order chi connectivity index (χ1) is 16.1. The molecule has 4 rings (SSSR count). The molecular formula is C25H32N4O3S. The molecule has 0 amide bonds. The number of aliphatic imine (C=N–C) groups is 1. The van der Waals surface area contributed by atoms with Gasteiger partial charge in [-0.3, -0.25) is 9.56 Å². The molecule has 0 aliphatic carbocycles. The summed E-state index contributed by atoms with van der Waals surface area (Å²) >= 11 is 1.81. The third kappa shape index (κ3) is 4.62. The van der Waals surface area contributed by atoms with Crippen LogP contribution in [0.1, 0.15) is 66.7 Å². The van der Waals surface area contributed by atoms with E-state index in [9.17, 15) is 0 Å². The number of unbranched alkanes of at least 4 members (excludes halogenated alkanes) is 4. The van der Waals surface area contributed by atoms with Crippen molar-refractivity contribution in [2.24, 2.45) is 4.99 Å². The first-order valence-electron chi connectivity index (χ1n) is 11.5. The lowest BCUT2D eigenvalue weighted by Gasteiger charge is -2.15. The molecule has 0 fully saturated rings. The Balaban J connectivity index is 1.76. The van der Waals surface area contributed by atoms with Crippen molar-refractivity contribution in [2.75, 3.05) is 21.3 Å². The molecule has 7 nitrogen and oxygen atoms in total. The number of thiophene rings is 1. The molecule has 176 valence electrons. The summed E-state index contributed by atoms with van der Waals surface area (Å²) in [7, 11) is 4.88. The Morgan fingerprint density at radius 1 is 0.939 bits per heavy atom. The van der Waals surface area contributed by atoms with E-state index in [4.69, 9.17) is 19.2 Å². The Morgan fingerprint density at radius 2 is 1.67 bits per heavy atom. The van der Waals surface area contributed by atoms with Crippen molar-refractivity contribution in [1.82, 2.24) is 14.8 Å². The number of hydrogen-bond acceptors (Lipinski definition) is 7. The lowest BCUT2D eigenvalue weighted by Crippen LogP contribution is -2.07. The van der Waals surface area contributed by atoms with Crippen molar-refractivity contribution in [2.45, 2.75) is 58.9 Å². The second kappa shape index (κ2) is 10.4. The van der Waals surface area contributed by atoms with Gasteiger partial charge in [-0.15, -0.1) is 21.5 Å². The molecule has 33 heavy (non-hydrogen) atoms. The van der Waals surface area contributed by atoms with E-state index in [0.717, 1.165) is 39.9 Å². The predicted octanol–water partition coefficient (Wildman–Crippen LogP) is 5.53. The largest absolute Gasteiger partial charge is 0.493 e. The van der Waals surface area contributed by atoms with Crippen molar-refractivity contribution in [3.05, 3.63) is 45.9 Å². The minimum Gasteiger partial charge on any atom is -0.493 e. The summed E-state index contributed by atoms with van der Waals surface area (Å²) in [6.45, 7) is 4.70. The van der Waals surface area contributed by atoms with Crippen LogP contribution in [0.25, 0.3) is 5.00 Å². The van der Waals surface area contributed by atoms with Crippen molar-refractivity contribution in [3.8, 4) is 22.2 Å². The molecule has 8 heteroatoms. The number of ether oxygens (including phenoxy) is 3. The standard InChI is InChI=1S/C25H32N4O3S/c1-6-7-8-9-10-11-18-14-19-23(17-12-20(30-3)24(32-5)21(13-17)31-4)26-15-22-28-27-16(2)29(22)25(19)33-18/h12-14H,6-11,15H2,1-5H3. The minimum atomic E-state index is 0.459. The van der Waals surface area contributed by atoms with E-state index >= 15 is 0 Å². The molecule has 1 aliphatic rings. The zero-order valence-corrected chi connectivity index (χ0v) is 20.9. The van der Waals surface area contributed by atoms with Gasteiger partial charge in [0.25, 0.3) is 0 Å². The molecule has 2 aromatic heterocycles. The van der Waals surface area contributed by atoms with Crippen molar-refractivity contribution >= 4 is 17.0 Å². The zero-order valence-electron chi connectivity index (χ0n) is 20.1. The summed E-state index contributed by atoms with van der Waals surface area (Å²) in [5, 5.41) is 9.83. The topological polar surface area (TPSA) is 70.8 Å². The number of aromatic nitrogens is 3. The third-order valence-electron chi connectivity index (χ3n) is 5.96. The lowest BCUT2D eigenvalue weighted by molar-refractivity contribution is 0.324. The van der Waals surface area contributed by atoms with E-state index in [2.05, 4.69) is 27.8 Å². The maximum Gasteiger partial charge on any atom is 0.203 e. The van der Waals surface area contributed by atoms with Gasteiger partial charge < -0.3 is 14.2 Å².